The second-order valence-corrected chi connectivity index (χ2v) is 6.24. The third kappa shape index (κ3) is 3.45. The lowest BCUT2D eigenvalue weighted by Gasteiger charge is -2.23. The highest BCUT2D eigenvalue weighted by atomic mass is 16.6. The maximum absolute atomic E-state index is 12.3. The molecule has 26 heavy (non-hydrogen) atoms. The van der Waals surface area contributed by atoms with Crippen LogP contribution in [0.2, 0.25) is 0 Å². The molecule has 4 N–H and O–H groups in total. The van der Waals surface area contributed by atoms with Crippen molar-refractivity contribution >= 4 is 17.1 Å². The summed E-state index contributed by atoms with van der Waals surface area (Å²) in [6.45, 7) is 1.77. The fraction of sp³-hybridized carbons (Fsp3) is 0.278. The fourth-order valence-corrected chi connectivity index (χ4v) is 3.03. The number of nitrogens with zero attached hydrogens (tertiary/aromatic N) is 2. The van der Waals surface area contributed by atoms with Gasteiger partial charge in [-0.05, 0) is 50.2 Å². The van der Waals surface area contributed by atoms with Gasteiger partial charge in [0.1, 0.15) is 11.5 Å². The molecule has 8 nitrogen and oxygen atoms in total. The topological polar surface area (TPSA) is 112 Å². The Kier molecular flexibility index (Phi) is 4.40. The van der Waals surface area contributed by atoms with Crippen molar-refractivity contribution in [3.8, 4) is 22.8 Å². The maximum atomic E-state index is 12.3. The van der Waals surface area contributed by atoms with Gasteiger partial charge >= 0.3 is 6.09 Å². The van der Waals surface area contributed by atoms with E-state index in [1.165, 1.54) is 0 Å². The third-order valence-electron chi connectivity index (χ3n) is 4.41. The summed E-state index contributed by atoms with van der Waals surface area (Å²) in [5, 5.41) is 23.0. The Morgan fingerprint density at radius 2 is 2.00 bits per heavy atom. The summed E-state index contributed by atoms with van der Waals surface area (Å²) in [5.41, 5.74) is 1.94. The number of rotatable bonds is 3. The van der Waals surface area contributed by atoms with Crippen molar-refractivity contribution in [2.45, 2.75) is 18.9 Å². The molecule has 134 valence electrons. The highest BCUT2D eigenvalue weighted by Crippen LogP contribution is 2.29. The molecule has 0 spiro atoms. The van der Waals surface area contributed by atoms with E-state index in [1.807, 2.05) is 0 Å². The Balaban J connectivity index is 1.60. The van der Waals surface area contributed by atoms with Crippen molar-refractivity contribution in [3.05, 3.63) is 36.5 Å². The van der Waals surface area contributed by atoms with E-state index in [9.17, 15) is 9.90 Å². The van der Waals surface area contributed by atoms with Crippen molar-refractivity contribution in [2.75, 3.05) is 13.1 Å². The zero-order valence-electron chi connectivity index (χ0n) is 14.0. The molecule has 0 saturated carbocycles. The Bertz CT molecular complexity index is 916. The molecule has 0 unspecified atom stereocenters. The number of carbonyl (C=O) groups is 1. The smallest absolute Gasteiger partial charge is 0.412 e. The molecule has 3 aromatic rings. The van der Waals surface area contributed by atoms with Gasteiger partial charge in [-0.15, -0.1) is 0 Å². The molecule has 1 aliphatic rings. The van der Waals surface area contributed by atoms with Crippen molar-refractivity contribution in [3.63, 3.8) is 0 Å². The number of benzene rings is 1. The van der Waals surface area contributed by atoms with Gasteiger partial charge in [-0.25, -0.2) is 9.78 Å². The monoisotopic (exact) mass is 353 g/mol. The maximum Gasteiger partial charge on any atom is 0.412 e. The number of amides is 1. The summed E-state index contributed by atoms with van der Waals surface area (Å²) in [7, 11) is 0. The van der Waals surface area contributed by atoms with Crippen LogP contribution in [0.25, 0.3) is 22.3 Å². The highest BCUT2D eigenvalue weighted by Gasteiger charge is 2.18. The standard InChI is InChI=1S/C18H19N5O3/c24-13-3-1-11(2-4-13)15-9-16(14-10-20-23-17(14)22-15)26-18(25)21-12-5-7-19-8-6-12/h1-4,9-10,12,19,24H,5-8H2,(H,21,25)(H,20,22,23). The SMILES string of the molecule is O=C(NC1CCNCC1)Oc1cc(-c2ccc(O)cc2)nc2[nH]ncc12. The number of phenols is 1. The van der Waals surface area contributed by atoms with Crippen LogP contribution in [0.15, 0.2) is 36.5 Å². The van der Waals surface area contributed by atoms with E-state index < -0.39 is 6.09 Å². The molecule has 1 fully saturated rings. The lowest BCUT2D eigenvalue weighted by Crippen LogP contribution is -2.43. The summed E-state index contributed by atoms with van der Waals surface area (Å²) in [6, 6.07) is 8.47. The van der Waals surface area contributed by atoms with Crippen LogP contribution in [0, 0.1) is 0 Å². The van der Waals surface area contributed by atoms with Crippen molar-refractivity contribution in [1.82, 2.24) is 25.8 Å². The predicted octanol–water partition coefficient (Wildman–Crippen LogP) is 2.17. The minimum atomic E-state index is -0.484. The molecule has 1 amide bonds. The molecule has 0 radical (unpaired) electrons. The molecule has 1 saturated heterocycles. The molecular weight excluding hydrogens is 334 g/mol. The average molecular weight is 353 g/mol. The number of aromatic nitrogens is 3. The van der Waals surface area contributed by atoms with Gasteiger partial charge in [0.2, 0.25) is 0 Å². The number of piperidine rings is 1. The lowest BCUT2D eigenvalue weighted by molar-refractivity contribution is 0.193. The van der Waals surface area contributed by atoms with Crippen LogP contribution in [0.5, 0.6) is 11.5 Å². The van der Waals surface area contributed by atoms with Crippen LogP contribution < -0.4 is 15.4 Å². The molecule has 0 atom stereocenters. The second-order valence-electron chi connectivity index (χ2n) is 6.24. The number of carbonyl (C=O) groups excluding carboxylic acids is 1. The summed E-state index contributed by atoms with van der Waals surface area (Å²) >= 11 is 0. The minimum absolute atomic E-state index is 0.113. The molecule has 0 aliphatic carbocycles. The Morgan fingerprint density at radius 1 is 1.23 bits per heavy atom. The number of hydrogen-bond donors (Lipinski definition) is 4. The van der Waals surface area contributed by atoms with E-state index in [2.05, 4.69) is 25.8 Å². The molecule has 1 aliphatic heterocycles. The second kappa shape index (κ2) is 7.01. The minimum Gasteiger partial charge on any atom is -0.508 e. The first kappa shape index (κ1) is 16.3. The van der Waals surface area contributed by atoms with E-state index >= 15 is 0 Å². The van der Waals surface area contributed by atoms with Gasteiger partial charge in [0, 0.05) is 17.7 Å². The summed E-state index contributed by atoms with van der Waals surface area (Å²) in [6.07, 6.45) is 2.86. The number of H-pyrrole nitrogens is 1. The highest BCUT2D eigenvalue weighted by molar-refractivity contribution is 5.87. The summed E-state index contributed by atoms with van der Waals surface area (Å²) < 4.78 is 5.55. The molecule has 8 heteroatoms. The number of phenolic OH excluding ortho intramolecular Hbond substituents is 1. The summed E-state index contributed by atoms with van der Waals surface area (Å²) in [5.74, 6) is 0.562. The van der Waals surface area contributed by atoms with Crippen LogP contribution in [0.4, 0.5) is 4.79 Å². The quantitative estimate of drug-likeness (QED) is 0.574. The van der Waals surface area contributed by atoms with Gasteiger partial charge in [0.05, 0.1) is 17.3 Å². The van der Waals surface area contributed by atoms with E-state index in [0.717, 1.165) is 31.5 Å². The van der Waals surface area contributed by atoms with Crippen LogP contribution in [0.1, 0.15) is 12.8 Å². The third-order valence-corrected chi connectivity index (χ3v) is 4.41. The van der Waals surface area contributed by atoms with E-state index in [0.29, 0.717) is 22.5 Å². The zero-order chi connectivity index (χ0) is 17.9. The fourth-order valence-electron chi connectivity index (χ4n) is 3.03. The van der Waals surface area contributed by atoms with Gasteiger partial charge in [-0.2, -0.15) is 5.10 Å². The molecule has 0 bridgehead atoms. The van der Waals surface area contributed by atoms with Crippen LogP contribution in [-0.2, 0) is 0 Å². The Hall–Kier alpha value is -3.13. The number of nitrogens with one attached hydrogen (secondary N) is 3. The number of pyridine rings is 1. The Labute approximate surface area is 149 Å². The molecule has 2 aromatic heterocycles. The zero-order valence-corrected chi connectivity index (χ0v) is 14.0. The van der Waals surface area contributed by atoms with E-state index in [1.54, 1.807) is 36.5 Å². The van der Waals surface area contributed by atoms with E-state index in [4.69, 9.17) is 4.74 Å². The number of aromatic amines is 1. The molecule has 3 heterocycles. The van der Waals surface area contributed by atoms with Gasteiger partial charge in [0.15, 0.2) is 5.65 Å². The number of ether oxygens (including phenoxy) is 1. The van der Waals surface area contributed by atoms with Crippen molar-refractivity contribution in [2.24, 2.45) is 0 Å². The summed E-state index contributed by atoms with van der Waals surface area (Å²) in [4.78, 5) is 16.8. The van der Waals surface area contributed by atoms with Crippen LogP contribution in [0.3, 0.4) is 0 Å². The first-order chi connectivity index (χ1) is 12.7. The number of hydrogen-bond acceptors (Lipinski definition) is 6. The van der Waals surface area contributed by atoms with Crippen LogP contribution >= 0.6 is 0 Å². The van der Waals surface area contributed by atoms with Gasteiger partial charge in [0.25, 0.3) is 0 Å². The Morgan fingerprint density at radius 3 is 2.77 bits per heavy atom. The predicted molar refractivity (Wildman–Crippen MR) is 96.0 cm³/mol. The van der Waals surface area contributed by atoms with Crippen molar-refractivity contribution in [1.29, 1.82) is 0 Å². The lowest BCUT2D eigenvalue weighted by atomic mass is 10.1. The molecule has 1 aromatic carbocycles. The molecule has 4 rings (SSSR count). The van der Waals surface area contributed by atoms with Gasteiger partial charge < -0.3 is 20.5 Å². The first-order valence-electron chi connectivity index (χ1n) is 8.51. The normalized spacial score (nSPS) is 15.1. The number of fused-ring (bicyclic) bond motifs is 1. The van der Waals surface area contributed by atoms with Gasteiger partial charge in [-0.3, -0.25) is 5.10 Å². The number of aromatic hydroxyl groups is 1. The molecular formula is C18H19N5O3. The van der Waals surface area contributed by atoms with Crippen LogP contribution in [-0.4, -0.2) is 45.5 Å². The van der Waals surface area contributed by atoms with Crippen molar-refractivity contribution < 1.29 is 14.6 Å². The van der Waals surface area contributed by atoms with Gasteiger partial charge in [-0.1, -0.05) is 0 Å². The first-order valence-corrected chi connectivity index (χ1v) is 8.51. The van der Waals surface area contributed by atoms with E-state index in [-0.39, 0.29) is 11.8 Å². The largest absolute Gasteiger partial charge is 0.508 e. The average Bonchev–Trinajstić information content (AvgIpc) is 3.12.